The lowest BCUT2D eigenvalue weighted by Crippen LogP contribution is -2.38. The van der Waals surface area contributed by atoms with Gasteiger partial charge in [-0.2, -0.15) is 0 Å². The minimum atomic E-state index is -1.03. The van der Waals surface area contributed by atoms with Crippen LogP contribution in [0, 0.1) is 5.92 Å². The molecule has 0 heterocycles. The summed E-state index contributed by atoms with van der Waals surface area (Å²) in [5.41, 5.74) is 0. The maximum atomic E-state index is 11.3. The molecule has 0 saturated carbocycles. The molecule has 0 aromatic carbocycles. The van der Waals surface area contributed by atoms with Crippen LogP contribution in [-0.2, 0) is 14.3 Å². The van der Waals surface area contributed by atoms with E-state index in [1.165, 1.54) is 6.92 Å². The van der Waals surface area contributed by atoms with Crippen molar-refractivity contribution < 1.29 is 19.4 Å². The molecule has 2 unspecified atom stereocenters. The van der Waals surface area contributed by atoms with Crippen LogP contribution in [0.5, 0.6) is 0 Å². The Morgan fingerprint density at radius 1 is 1.24 bits per heavy atom. The number of amides is 1. The highest BCUT2D eigenvalue weighted by Crippen LogP contribution is 2.07. The van der Waals surface area contributed by atoms with E-state index in [9.17, 15) is 9.59 Å². The average Bonchev–Trinajstić information content (AvgIpc) is 2.15. The van der Waals surface area contributed by atoms with Crippen LogP contribution in [0.25, 0.3) is 0 Å². The fourth-order valence-electron chi connectivity index (χ4n) is 1.46. The molecule has 0 aliphatic rings. The molecule has 5 heteroatoms. The number of hydrogen-bond donors (Lipinski definition) is 2. The van der Waals surface area contributed by atoms with E-state index in [1.54, 1.807) is 0 Å². The summed E-state index contributed by atoms with van der Waals surface area (Å²) in [4.78, 5) is 21.8. The number of nitrogens with one attached hydrogen (secondary N) is 1. The molecule has 2 N–H and O–H groups in total. The predicted molar refractivity (Wildman–Crippen MR) is 64.7 cm³/mol. The highest BCUT2D eigenvalue weighted by molar-refractivity contribution is 5.83. The highest BCUT2D eigenvalue weighted by Gasteiger charge is 2.14. The van der Waals surface area contributed by atoms with Gasteiger partial charge in [-0.1, -0.05) is 13.8 Å². The van der Waals surface area contributed by atoms with Gasteiger partial charge >= 0.3 is 5.97 Å². The van der Waals surface area contributed by atoms with Crippen LogP contribution in [0.1, 0.15) is 40.5 Å². The molecule has 0 rings (SSSR count). The van der Waals surface area contributed by atoms with Gasteiger partial charge in [-0.25, -0.2) is 0 Å². The van der Waals surface area contributed by atoms with E-state index in [1.807, 2.05) is 6.92 Å². The van der Waals surface area contributed by atoms with Crippen molar-refractivity contribution in [2.45, 2.75) is 52.7 Å². The summed E-state index contributed by atoms with van der Waals surface area (Å²) in [5.74, 6) is -0.769. The SMILES string of the molecule is CC(C)CC(C)OCCC(=O)NC(C)C(=O)O. The van der Waals surface area contributed by atoms with Crippen LogP contribution in [0.15, 0.2) is 0 Å². The molecule has 0 aliphatic heterocycles. The molecule has 5 nitrogen and oxygen atoms in total. The third-order valence-corrected chi connectivity index (χ3v) is 2.28. The van der Waals surface area contributed by atoms with E-state index < -0.39 is 12.0 Å². The van der Waals surface area contributed by atoms with Crippen molar-refractivity contribution in [2.24, 2.45) is 5.92 Å². The summed E-state index contributed by atoms with van der Waals surface area (Å²) in [6, 6.07) is -0.851. The zero-order chi connectivity index (χ0) is 13.4. The van der Waals surface area contributed by atoms with Crippen LogP contribution < -0.4 is 5.32 Å². The van der Waals surface area contributed by atoms with Gasteiger partial charge < -0.3 is 15.2 Å². The van der Waals surface area contributed by atoms with Gasteiger partial charge in [0.25, 0.3) is 0 Å². The van der Waals surface area contributed by atoms with Gasteiger partial charge in [0, 0.05) is 6.42 Å². The van der Waals surface area contributed by atoms with Gasteiger partial charge in [0.05, 0.1) is 12.7 Å². The number of aliphatic carboxylic acids is 1. The average molecular weight is 245 g/mol. The summed E-state index contributed by atoms with van der Waals surface area (Å²) in [6.07, 6.45) is 1.27. The highest BCUT2D eigenvalue weighted by atomic mass is 16.5. The summed E-state index contributed by atoms with van der Waals surface area (Å²) >= 11 is 0. The molecule has 0 saturated heterocycles. The monoisotopic (exact) mass is 245 g/mol. The van der Waals surface area contributed by atoms with Crippen LogP contribution in [-0.4, -0.2) is 35.7 Å². The van der Waals surface area contributed by atoms with E-state index in [4.69, 9.17) is 9.84 Å². The Labute approximate surface area is 103 Å². The van der Waals surface area contributed by atoms with Crippen molar-refractivity contribution >= 4 is 11.9 Å². The lowest BCUT2D eigenvalue weighted by molar-refractivity contribution is -0.141. The number of carbonyl (C=O) groups excluding carboxylic acids is 1. The van der Waals surface area contributed by atoms with Crippen LogP contribution in [0.4, 0.5) is 0 Å². The second kappa shape index (κ2) is 8.06. The fraction of sp³-hybridized carbons (Fsp3) is 0.833. The second-order valence-corrected chi connectivity index (χ2v) is 4.69. The number of carboxylic acids is 1. The maximum Gasteiger partial charge on any atom is 0.325 e. The standard InChI is InChI=1S/C12H23NO4/c1-8(2)7-9(3)17-6-5-11(14)13-10(4)12(15)16/h8-10H,5-7H2,1-4H3,(H,13,14)(H,15,16). The molecular weight excluding hydrogens is 222 g/mol. The Morgan fingerprint density at radius 3 is 2.29 bits per heavy atom. The zero-order valence-electron chi connectivity index (χ0n) is 11.0. The van der Waals surface area contributed by atoms with Crippen molar-refractivity contribution in [2.75, 3.05) is 6.61 Å². The van der Waals surface area contributed by atoms with E-state index in [-0.39, 0.29) is 18.4 Å². The first-order valence-electron chi connectivity index (χ1n) is 5.96. The minimum absolute atomic E-state index is 0.125. The van der Waals surface area contributed by atoms with E-state index in [2.05, 4.69) is 19.2 Å². The quantitative estimate of drug-likeness (QED) is 0.678. The van der Waals surface area contributed by atoms with Crippen molar-refractivity contribution in [3.05, 3.63) is 0 Å². The largest absolute Gasteiger partial charge is 0.480 e. The van der Waals surface area contributed by atoms with Crippen LogP contribution in [0.3, 0.4) is 0 Å². The Hall–Kier alpha value is -1.10. The number of rotatable bonds is 8. The smallest absolute Gasteiger partial charge is 0.325 e. The number of ether oxygens (including phenoxy) is 1. The van der Waals surface area contributed by atoms with Gasteiger partial charge in [0.15, 0.2) is 0 Å². The molecule has 1 amide bonds. The normalized spacial score (nSPS) is 14.4. The summed E-state index contributed by atoms with van der Waals surface area (Å²) < 4.78 is 5.46. The summed E-state index contributed by atoms with van der Waals surface area (Å²) in [6.45, 7) is 7.95. The molecule has 0 spiro atoms. The van der Waals surface area contributed by atoms with E-state index >= 15 is 0 Å². The first-order valence-corrected chi connectivity index (χ1v) is 5.96. The molecule has 2 atom stereocenters. The van der Waals surface area contributed by atoms with Crippen LogP contribution in [0.2, 0.25) is 0 Å². The molecule has 0 aromatic rings. The minimum Gasteiger partial charge on any atom is -0.480 e. The Bertz CT molecular complexity index is 253. The fourth-order valence-corrected chi connectivity index (χ4v) is 1.46. The van der Waals surface area contributed by atoms with Gasteiger partial charge in [-0.15, -0.1) is 0 Å². The van der Waals surface area contributed by atoms with Crippen LogP contribution >= 0.6 is 0 Å². The van der Waals surface area contributed by atoms with Crippen molar-refractivity contribution in [1.29, 1.82) is 0 Å². The topological polar surface area (TPSA) is 75.6 Å². The van der Waals surface area contributed by atoms with Gasteiger partial charge in [-0.05, 0) is 26.2 Å². The van der Waals surface area contributed by atoms with Gasteiger partial charge in [-0.3, -0.25) is 9.59 Å². The first-order chi connectivity index (χ1) is 7.82. The van der Waals surface area contributed by atoms with Crippen molar-refractivity contribution in [3.8, 4) is 0 Å². The second-order valence-electron chi connectivity index (χ2n) is 4.69. The molecular formula is C12H23NO4. The first kappa shape index (κ1) is 15.9. The molecule has 0 aromatic heterocycles. The Balaban J connectivity index is 3.68. The number of hydrogen-bond acceptors (Lipinski definition) is 3. The zero-order valence-corrected chi connectivity index (χ0v) is 11.0. The maximum absolute atomic E-state index is 11.3. The van der Waals surface area contributed by atoms with Crippen molar-refractivity contribution in [1.82, 2.24) is 5.32 Å². The lowest BCUT2D eigenvalue weighted by atomic mass is 10.1. The molecule has 0 aliphatic carbocycles. The Morgan fingerprint density at radius 2 is 1.82 bits per heavy atom. The van der Waals surface area contributed by atoms with Crippen molar-refractivity contribution in [3.63, 3.8) is 0 Å². The molecule has 0 radical (unpaired) electrons. The molecule has 0 fully saturated rings. The van der Waals surface area contributed by atoms with Gasteiger partial charge in [0.1, 0.15) is 6.04 Å². The summed E-state index contributed by atoms with van der Waals surface area (Å²) in [5, 5.41) is 11.0. The van der Waals surface area contributed by atoms with Gasteiger partial charge in [0.2, 0.25) is 5.91 Å². The number of carbonyl (C=O) groups is 2. The molecule has 100 valence electrons. The Kier molecular flexibility index (Phi) is 7.54. The molecule has 17 heavy (non-hydrogen) atoms. The predicted octanol–water partition coefficient (Wildman–Crippen LogP) is 1.42. The lowest BCUT2D eigenvalue weighted by Gasteiger charge is -2.15. The summed E-state index contributed by atoms with van der Waals surface area (Å²) in [7, 11) is 0. The number of carboxylic acid groups (broad SMARTS) is 1. The van der Waals surface area contributed by atoms with E-state index in [0.29, 0.717) is 12.5 Å². The third-order valence-electron chi connectivity index (χ3n) is 2.28. The van der Waals surface area contributed by atoms with E-state index in [0.717, 1.165) is 6.42 Å². The third kappa shape index (κ3) is 8.68. The molecule has 0 bridgehead atoms.